The predicted octanol–water partition coefficient (Wildman–Crippen LogP) is 5.47. The third-order valence-electron chi connectivity index (χ3n) is 2.69. The Hall–Kier alpha value is -1.53. The van der Waals surface area contributed by atoms with Crippen LogP contribution in [0.5, 0.6) is 0 Å². The molecule has 6 heteroatoms. The van der Waals surface area contributed by atoms with Gasteiger partial charge in [0.2, 0.25) is 0 Å². The highest BCUT2D eigenvalue weighted by Gasteiger charge is 2.17. The molecule has 1 aromatic carbocycles. The van der Waals surface area contributed by atoms with E-state index in [-0.39, 0.29) is 0 Å². The van der Waals surface area contributed by atoms with Gasteiger partial charge in [-0.3, -0.25) is 5.32 Å². The number of benzene rings is 1. The van der Waals surface area contributed by atoms with E-state index in [9.17, 15) is 4.79 Å². The van der Waals surface area contributed by atoms with Gasteiger partial charge in [0.05, 0.1) is 17.9 Å². The second-order valence-electron chi connectivity index (χ2n) is 5.72. The zero-order valence-corrected chi connectivity index (χ0v) is 15.2. The molecule has 0 aliphatic carbocycles. The topological polar surface area (TPSA) is 50.4 Å². The van der Waals surface area contributed by atoms with Gasteiger partial charge in [-0.1, -0.05) is 12.1 Å². The van der Waals surface area contributed by atoms with Crippen LogP contribution < -0.4 is 10.6 Å². The number of amides is 1. The SMILES string of the molecule is CC(C)(C)OC(=O)Nc1ccccc1NCc1sccc1Br. The number of carbonyl (C=O) groups is 1. The van der Waals surface area contributed by atoms with Crippen LogP contribution in [-0.4, -0.2) is 11.7 Å². The van der Waals surface area contributed by atoms with E-state index in [1.807, 2.05) is 56.5 Å². The molecule has 1 aromatic heterocycles. The van der Waals surface area contributed by atoms with Crippen molar-refractivity contribution in [3.05, 3.63) is 45.1 Å². The maximum Gasteiger partial charge on any atom is 0.412 e. The lowest BCUT2D eigenvalue weighted by Gasteiger charge is -2.20. The molecule has 2 rings (SSSR count). The van der Waals surface area contributed by atoms with Crippen LogP contribution in [0.25, 0.3) is 0 Å². The van der Waals surface area contributed by atoms with Crippen molar-refractivity contribution in [3.63, 3.8) is 0 Å². The van der Waals surface area contributed by atoms with Gasteiger partial charge in [-0.25, -0.2) is 4.79 Å². The lowest BCUT2D eigenvalue weighted by atomic mass is 10.2. The summed E-state index contributed by atoms with van der Waals surface area (Å²) in [5, 5.41) is 8.15. The first-order valence-corrected chi connectivity index (χ1v) is 8.57. The van der Waals surface area contributed by atoms with Gasteiger partial charge in [0.1, 0.15) is 5.60 Å². The van der Waals surface area contributed by atoms with E-state index in [1.165, 1.54) is 4.88 Å². The summed E-state index contributed by atoms with van der Waals surface area (Å²) in [6.07, 6.45) is -0.459. The van der Waals surface area contributed by atoms with Gasteiger partial charge in [0.15, 0.2) is 0 Å². The average molecular weight is 383 g/mol. The molecule has 22 heavy (non-hydrogen) atoms. The van der Waals surface area contributed by atoms with Gasteiger partial charge in [-0.05, 0) is 60.3 Å². The van der Waals surface area contributed by atoms with Crippen LogP contribution in [0.15, 0.2) is 40.2 Å². The molecule has 0 unspecified atom stereocenters. The molecular weight excluding hydrogens is 364 g/mol. The van der Waals surface area contributed by atoms with Gasteiger partial charge >= 0.3 is 6.09 Å². The lowest BCUT2D eigenvalue weighted by molar-refractivity contribution is 0.0636. The highest BCUT2D eigenvalue weighted by atomic mass is 79.9. The number of halogens is 1. The monoisotopic (exact) mass is 382 g/mol. The predicted molar refractivity (Wildman–Crippen MR) is 95.6 cm³/mol. The molecule has 0 aliphatic heterocycles. The average Bonchev–Trinajstić information content (AvgIpc) is 2.81. The minimum absolute atomic E-state index is 0.459. The summed E-state index contributed by atoms with van der Waals surface area (Å²) in [4.78, 5) is 13.1. The Bertz CT molecular complexity index is 650. The Morgan fingerprint density at radius 3 is 2.50 bits per heavy atom. The molecule has 2 aromatic rings. The van der Waals surface area contributed by atoms with E-state index in [2.05, 4.69) is 26.6 Å². The van der Waals surface area contributed by atoms with Crippen LogP contribution in [0.3, 0.4) is 0 Å². The van der Waals surface area contributed by atoms with Gasteiger partial charge in [0, 0.05) is 9.35 Å². The first-order valence-electron chi connectivity index (χ1n) is 6.90. The molecule has 0 radical (unpaired) electrons. The number of anilines is 2. The van der Waals surface area contributed by atoms with E-state index in [4.69, 9.17) is 4.74 Å². The zero-order valence-electron chi connectivity index (χ0n) is 12.8. The minimum Gasteiger partial charge on any atom is -0.444 e. The molecular formula is C16H19BrN2O2S. The molecule has 0 fully saturated rings. The van der Waals surface area contributed by atoms with Gasteiger partial charge in [-0.2, -0.15) is 0 Å². The third kappa shape index (κ3) is 5.03. The van der Waals surface area contributed by atoms with E-state index in [0.29, 0.717) is 12.2 Å². The molecule has 0 spiro atoms. The number of rotatable bonds is 4. The van der Waals surface area contributed by atoms with Crippen molar-refractivity contribution in [1.29, 1.82) is 0 Å². The summed E-state index contributed by atoms with van der Waals surface area (Å²) >= 11 is 5.19. The second-order valence-corrected chi connectivity index (χ2v) is 7.57. The van der Waals surface area contributed by atoms with Gasteiger partial charge in [-0.15, -0.1) is 11.3 Å². The zero-order chi connectivity index (χ0) is 16.2. The fourth-order valence-electron chi connectivity index (χ4n) is 1.79. The molecule has 118 valence electrons. The van der Waals surface area contributed by atoms with Crippen molar-refractivity contribution in [2.24, 2.45) is 0 Å². The standard InChI is InChI=1S/C16H19BrN2O2S/c1-16(2,3)21-15(20)19-13-7-5-4-6-12(13)18-10-14-11(17)8-9-22-14/h4-9,18H,10H2,1-3H3,(H,19,20). The number of hydrogen-bond donors (Lipinski definition) is 2. The second kappa shape index (κ2) is 7.15. The normalized spacial score (nSPS) is 11.1. The van der Waals surface area contributed by atoms with Crippen LogP contribution in [0.4, 0.5) is 16.2 Å². The summed E-state index contributed by atoms with van der Waals surface area (Å²) in [5.41, 5.74) is 1.03. The van der Waals surface area contributed by atoms with Crippen molar-refractivity contribution in [2.75, 3.05) is 10.6 Å². The minimum atomic E-state index is -0.520. The van der Waals surface area contributed by atoms with Crippen LogP contribution in [0.1, 0.15) is 25.6 Å². The summed E-state index contributed by atoms with van der Waals surface area (Å²) < 4.78 is 6.37. The molecule has 0 atom stereocenters. The van der Waals surface area contributed by atoms with Gasteiger partial charge < -0.3 is 10.1 Å². The van der Waals surface area contributed by atoms with Crippen LogP contribution >= 0.6 is 27.3 Å². The van der Waals surface area contributed by atoms with Crippen molar-refractivity contribution < 1.29 is 9.53 Å². The Kier molecular flexibility index (Phi) is 5.47. The molecule has 0 saturated carbocycles. The Labute approximate surface area is 143 Å². The number of thiophene rings is 1. The van der Waals surface area contributed by atoms with E-state index in [1.54, 1.807) is 11.3 Å². The molecule has 0 saturated heterocycles. The number of carbonyl (C=O) groups excluding carboxylic acids is 1. The van der Waals surface area contributed by atoms with Crippen molar-refractivity contribution in [1.82, 2.24) is 0 Å². The Morgan fingerprint density at radius 2 is 1.91 bits per heavy atom. The highest BCUT2D eigenvalue weighted by Crippen LogP contribution is 2.26. The smallest absolute Gasteiger partial charge is 0.412 e. The highest BCUT2D eigenvalue weighted by molar-refractivity contribution is 9.10. The first kappa shape index (κ1) is 16.8. The Balaban J connectivity index is 2.03. The molecule has 4 nitrogen and oxygen atoms in total. The summed E-state index contributed by atoms with van der Waals surface area (Å²) in [5.74, 6) is 0. The summed E-state index contributed by atoms with van der Waals surface area (Å²) in [7, 11) is 0. The van der Waals surface area contributed by atoms with Crippen LogP contribution in [0, 0.1) is 0 Å². The number of para-hydroxylation sites is 2. The fraction of sp³-hybridized carbons (Fsp3) is 0.312. The summed E-state index contributed by atoms with van der Waals surface area (Å²) in [6.45, 7) is 6.20. The number of ether oxygens (including phenoxy) is 1. The number of nitrogens with one attached hydrogen (secondary N) is 2. The quantitative estimate of drug-likeness (QED) is 0.736. The van der Waals surface area contributed by atoms with E-state index < -0.39 is 11.7 Å². The lowest BCUT2D eigenvalue weighted by Crippen LogP contribution is -2.27. The summed E-state index contributed by atoms with van der Waals surface area (Å²) in [6, 6.07) is 9.58. The molecule has 1 heterocycles. The molecule has 1 amide bonds. The molecule has 0 aliphatic rings. The number of hydrogen-bond acceptors (Lipinski definition) is 4. The first-order chi connectivity index (χ1) is 10.3. The third-order valence-corrected chi connectivity index (χ3v) is 4.62. The molecule has 2 N–H and O–H groups in total. The van der Waals surface area contributed by atoms with Crippen LogP contribution in [0.2, 0.25) is 0 Å². The van der Waals surface area contributed by atoms with E-state index in [0.717, 1.165) is 10.2 Å². The Morgan fingerprint density at radius 1 is 1.23 bits per heavy atom. The maximum atomic E-state index is 11.9. The fourth-order valence-corrected chi connectivity index (χ4v) is 3.22. The maximum absolute atomic E-state index is 11.9. The molecule has 0 bridgehead atoms. The van der Waals surface area contributed by atoms with Crippen molar-refractivity contribution in [2.45, 2.75) is 32.9 Å². The van der Waals surface area contributed by atoms with Gasteiger partial charge in [0.25, 0.3) is 0 Å². The van der Waals surface area contributed by atoms with Crippen molar-refractivity contribution >= 4 is 44.7 Å². The van der Waals surface area contributed by atoms with Crippen molar-refractivity contribution in [3.8, 4) is 0 Å². The van der Waals surface area contributed by atoms with E-state index >= 15 is 0 Å². The van der Waals surface area contributed by atoms with Crippen LogP contribution in [-0.2, 0) is 11.3 Å². The largest absolute Gasteiger partial charge is 0.444 e.